The molecule has 4 N–H and O–H groups in total. The number of amides is 1. The van der Waals surface area contributed by atoms with Gasteiger partial charge in [0, 0.05) is 34.8 Å². The van der Waals surface area contributed by atoms with Crippen LogP contribution in [0.3, 0.4) is 0 Å². The molecule has 41 heavy (non-hydrogen) atoms. The number of carbonyl (C=O) groups is 1. The van der Waals surface area contributed by atoms with E-state index in [0.717, 1.165) is 62.4 Å². The van der Waals surface area contributed by atoms with Crippen LogP contribution in [-0.2, 0) is 12.8 Å². The number of nitrogens with two attached hydrogens (primary N) is 2. The number of aromatic nitrogens is 6. The molecule has 5 aromatic heterocycles. The monoisotopic (exact) mass is 560 g/mol. The molecular formula is C31H28N8OS. The van der Waals surface area contributed by atoms with Crippen molar-refractivity contribution in [2.75, 3.05) is 5.73 Å². The normalized spacial score (nSPS) is 12.1. The minimum atomic E-state index is -0.438. The zero-order valence-electron chi connectivity index (χ0n) is 22.7. The third kappa shape index (κ3) is 5.29. The van der Waals surface area contributed by atoms with Gasteiger partial charge in [-0.25, -0.2) is 19.9 Å². The molecule has 6 aromatic rings. The topological polar surface area (TPSA) is 138 Å². The number of hydrogen-bond acceptors (Lipinski definition) is 8. The summed E-state index contributed by atoms with van der Waals surface area (Å²) in [5, 5.41) is 0.906. The van der Waals surface area contributed by atoms with E-state index in [0.29, 0.717) is 11.4 Å². The molecule has 0 aliphatic heterocycles. The second-order valence-electron chi connectivity index (χ2n) is 9.88. The van der Waals surface area contributed by atoms with E-state index in [9.17, 15) is 4.79 Å². The number of pyridine rings is 3. The highest BCUT2D eigenvalue weighted by molar-refractivity contribution is 7.14. The van der Waals surface area contributed by atoms with E-state index in [-0.39, 0.29) is 0 Å². The van der Waals surface area contributed by atoms with Crippen LogP contribution in [0.1, 0.15) is 38.5 Å². The molecule has 1 amide bonds. The fourth-order valence-electron chi connectivity index (χ4n) is 4.89. The van der Waals surface area contributed by atoms with E-state index in [2.05, 4.69) is 44.6 Å². The van der Waals surface area contributed by atoms with E-state index >= 15 is 0 Å². The quantitative estimate of drug-likeness (QED) is 0.291. The number of thiazole rings is 1. The number of anilines is 1. The zero-order valence-corrected chi connectivity index (χ0v) is 23.5. The third-order valence-electron chi connectivity index (χ3n) is 6.96. The van der Waals surface area contributed by atoms with Crippen LogP contribution in [0.25, 0.3) is 38.9 Å². The molecule has 0 saturated heterocycles. The molecule has 10 heteroatoms. The Morgan fingerprint density at radius 3 is 2.51 bits per heavy atom. The van der Waals surface area contributed by atoms with Gasteiger partial charge < -0.3 is 11.5 Å². The maximum Gasteiger partial charge on any atom is 0.250 e. The van der Waals surface area contributed by atoms with Crippen molar-refractivity contribution in [1.82, 2.24) is 29.5 Å². The van der Waals surface area contributed by atoms with Gasteiger partial charge in [0.25, 0.3) is 0 Å². The summed E-state index contributed by atoms with van der Waals surface area (Å²) in [5.41, 5.74) is 19.7. The summed E-state index contributed by atoms with van der Waals surface area (Å²) in [4.78, 5) is 34.3. The molecule has 0 unspecified atom stereocenters. The van der Waals surface area contributed by atoms with Gasteiger partial charge in [-0.15, -0.1) is 11.3 Å². The lowest BCUT2D eigenvalue weighted by Gasteiger charge is -2.12. The molecule has 7 rings (SSSR count). The summed E-state index contributed by atoms with van der Waals surface area (Å²) in [6.07, 6.45) is 8.51. The average Bonchev–Trinajstić information content (AvgIpc) is 3.71. The smallest absolute Gasteiger partial charge is 0.250 e. The van der Waals surface area contributed by atoms with Crippen LogP contribution >= 0.6 is 11.3 Å². The van der Waals surface area contributed by atoms with Crippen LogP contribution < -0.4 is 11.5 Å². The van der Waals surface area contributed by atoms with Crippen molar-refractivity contribution < 1.29 is 4.79 Å². The SMILES string of the molecule is Cc1ccc(C(N)=O)cn1.Cc1cnc(-c2ccc3nc(-c4cccnc4N)n(-c4ccc5c(c4)CCC5)c3n2)s1. The van der Waals surface area contributed by atoms with Crippen LogP contribution in [-0.4, -0.2) is 35.4 Å². The summed E-state index contributed by atoms with van der Waals surface area (Å²) >= 11 is 1.64. The second kappa shape index (κ2) is 10.9. The first kappa shape index (κ1) is 26.3. The number of fused-ring (bicyclic) bond motifs is 2. The molecule has 5 heterocycles. The molecule has 0 radical (unpaired) electrons. The molecule has 204 valence electrons. The fraction of sp³-hybridized carbons (Fsp3) is 0.161. The van der Waals surface area contributed by atoms with Gasteiger partial charge in [-0.2, -0.15) is 0 Å². The number of imidazole rings is 1. The minimum absolute atomic E-state index is 0.438. The van der Waals surface area contributed by atoms with Crippen molar-refractivity contribution in [2.45, 2.75) is 33.1 Å². The number of rotatable bonds is 4. The Morgan fingerprint density at radius 1 is 0.927 bits per heavy atom. The Hall–Kier alpha value is -4.96. The number of hydrogen-bond donors (Lipinski definition) is 2. The zero-order chi connectivity index (χ0) is 28.5. The molecule has 1 aromatic carbocycles. The Kier molecular flexibility index (Phi) is 6.98. The van der Waals surface area contributed by atoms with Gasteiger partial charge in [-0.05, 0) is 92.8 Å². The maximum atomic E-state index is 10.5. The van der Waals surface area contributed by atoms with Crippen molar-refractivity contribution in [3.05, 3.63) is 100 Å². The predicted molar refractivity (Wildman–Crippen MR) is 162 cm³/mol. The summed E-state index contributed by atoms with van der Waals surface area (Å²) in [7, 11) is 0. The summed E-state index contributed by atoms with van der Waals surface area (Å²) in [6, 6.07) is 17.9. The number of nitrogens with zero attached hydrogens (tertiary/aromatic N) is 6. The van der Waals surface area contributed by atoms with Crippen molar-refractivity contribution >= 4 is 34.2 Å². The standard InChI is InChI=1S/C24H20N6S.C7H8N2O/c1-14-13-27-24(31-14)20-10-9-19-23(29-20)30(17-8-7-15-4-2-5-16(15)12-17)22(28-19)18-6-3-11-26-21(18)25;1-5-2-3-6(4-9-5)7(8)10/h3,6-13H,2,4-5H2,1H3,(H2,25,26);2-4H,1H3,(H2,8,10). The average molecular weight is 561 g/mol. The lowest BCUT2D eigenvalue weighted by molar-refractivity contribution is 0.1000. The van der Waals surface area contributed by atoms with Crippen molar-refractivity contribution in [1.29, 1.82) is 0 Å². The molecule has 0 bridgehead atoms. The number of primary amides is 1. The number of benzene rings is 1. The molecular weight excluding hydrogens is 532 g/mol. The van der Waals surface area contributed by atoms with Gasteiger partial charge in [-0.1, -0.05) is 6.07 Å². The highest BCUT2D eigenvalue weighted by Gasteiger charge is 2.20. The second-order valence-corrected chi connectivity index (χ2v) is 11.1. The van der Waals surface area contributed by atoms with Crippen LogP contribution in [0.5, 0.6) is 0 Å². The van der Waals surface area contributed by atoms with E-state index in [1.54, 1.807) is 29.7 Å². The Balaban J connectivity index is 0.000000258. The highest BCUT2D eigenvalue weighted by atomic mass is 32.1. The van der Waals surface area contributed by atoms with E-state index in [4.69, 9.17) is 21.4 Å². The first-order chi connectivity index (χ1) is 19.9. The molecule has 0 spiro atoms. The number of carbonyl (C=O) groups excluding carboxylic acids is 1. The van der Waals surface area contributed by atoms with Crippen LogP contribution in [0.15, 0.2) is 73.2 Å². The molecule has 9 nitrogen and oxygen atoms in total. The van der Waals surface area contributed by atoms with Gasteiger partial charge in [-0.3, -0.25) is 14.3 Å². The van der Waals surface area contributed by atoms with Gasteiger partial charge in [0.05, 0.1) is 11.1 Å². The largest absolute Gasteiger partial charge is 0.383 e. The van der Waals surface area contributed by atoms with Crippen LogP contribution in [0.2, 0.25) is 0 Å². The van der Waals surface area contributed by atoms with Crippen LogP contribution in [0.4, 0.5) is 5.82 Å². The molecule has 1 aliphatic rings. The Labute approximate surface area is 241 Å². The van der Waals surface area contributed by atoms with E-state index in [1.165, 1.54) is 23.7 Å². The van der Waals surface area contributed by atoms with Crippen molar-refractivity contribution in [2.24, 2.45) is 5.73 Å². The molecule has 1 aliphatic carbocycles. The number of nitrogen functional groups attached to an aromatic ring is 1. The third-order valence-corrected chi connectivity index (χ3v) is 7.90. The van der Waals surface area contributed by atoms with E-state index in [1.807, 2.05) is 37.4 Å². The Morgan fingerprint density at radius 2 is 1.78 bits per heavy atom. The van der Waals surface area contributed by atoms with Gasteiger partial charge in [0.15, 0.2) is 11.5 Å². The maximum absolute atomic E-state index is 10.5. The molecule has 0 saturated carbocycles. The van der Waals surface area contributed by atoms with Crippen molar-refractivity contribution in [3.8, 4) is 27.8 Å². The van der Waals surface area contributed by atoms with Crippen LogP contribution in [0, 0.1) is 13.8 Å². The van der Waals surface area contributed by atoms with Crippen molar-refractivity contribution in [3.63, 3.8) is 0 Å². The summed E-state index contributed by atoms with van der Waals surface area (Å²) in [5.74, 6) is 0.766. The highest BCUT2D eigenvalue weighted by Crippen LogP contribution is 2.34. The van der Waals surface area contributed by atoms with Gasteiger partial charge >= 0.3 is 0 Å². The first-order valence-corrected chi connectivity index (χ1v) is 14.1. The number of aryl methyl sites for hydroxylation is 4. The minimum Gasteiger partial charge on any atom is -0.383 e. The van der Waals surface area contributed by atoms with Gasteiger partial charge in [0.2, 0.25) is 5.91 Å². The van der Waals surface area contributed by atoms with E-state index < -0.39 is 5.91 Å². The summed E-state index contributed by atoms with van der Waals surface area (Å²) in [6.45, 7) is 3.91. The van der Waals surface area contributed by atoms with Gasteiger partial charge in [0.1, 0.15) is 22.0 Å². The first-order valence-electron chi connectivity index (χ1n) is 13.2. The molecule has 0 fully saturated rings. The lowest BCUT2D eigenvalue weighted by atomic mass is 10.1. The lowest BCUT2D eigenvalue weighted by Crippen LogP contribution is -2.10. The summed E-state index contributed by atoms with van der Waals surface area (Å²) < 4.78 is 2.10. The molecule has 0 atom stereocenters. The Bertz CT molecular complexity index is 1890. The predicted octanol–water partition coefficient (Wildman–Crippen LogP) is 5.47. The fourth-order valence-corrected chi connectivity index (χ4v) is 5.63.